The van der Waals surface area contributed by atoms with Gasteiger partial charge in [0, 0.05) is 17.4 Å². The first-order valence-electron chi connectivity index (χ1n) is 12.6. The van der Waals surface area contributed by atoms with E-state index >= 15 is 0 Å². The van der Waals surface area contributed by atoms with E-state index in [0.29, 0.717) is 12.3 Å². The SMILES string of the molecule is COc1ccc(C2=NN(Cc3ccc(C(=O)O)cc3)C(=O)C3CCCCC23)cc1OC1CCCC1. The largest absolute Gasteiger partial charge is 0.493 e. The number of carbonyl (C=O) groups is 2. The molecule has 2 atom stereocenters. The van der Waals surface area contributed by atoms with Gasteiger partial charge in [0.05, 0.1) is 31.0 Å². The topological polar surface area (TPSA) is 88.4 Å². The first kappa shape index (κ1) is 23.4. The van der Waals surface area contributed by atoms with E-state index < -0.39 is 5.97 Å². The van der Waals surface area contributed by atoms with E-state index in [2.05, 4.69) is 0 Å². The molecule has 0 bridgehead atoms. The van der Waals surface area contributed by atoms with Crippen LogP contribution in [-0.2, 0) is 11.3 Å². The number of hydrogen-bond donors (Lipinski definition) is 1. The lowest BCUT2D eigenvalue weighted by Crippen LogP contribution is -2.45. The van der Waals surface area contributed by atoms with E-state index in [-0.39, 0.29) is 29.4 Å². The van der Waals surface area contributed by atoms with Gasteiger partial charge in [-0.05, 0) is 74.4 Å². The van der Waals surface area contributed by atoms with Crippen molar-refractivity contribution < 1.29 is 24.2 Å². The summed E-state index contributed by atoms with van der Waals surface area (Å²) in [6.07, 6.45) is 8.64. The van der Waals surface area contributed by atoms with Crippen LogP contribution in [0.3, 0.4) is 0 Å². The Balaban J connectivity index is 1.47. The number of fused-ring (bicyclic) bond motifs is 1. The summed E-state index contributed by atoms with van der Waals surface area (Å²) in [5.74, 6) is 0.539. The first-order valence-corrected chi connectivity index (χ1v) is 12.6. The quantitative estimate of drug-likeness (QED) is 0.588. The van der Waals surface area contributed by atoms with E-state index in [0.717, 1.165) is 61.1 Å². The smallest absolute Gasteiger partial charge is 0.335 e. The molecule has 0 spiro atoms. The van der Waals surface area contributed by atoms with E-state index in [1.165, 1.54) is 12.8 Å². The van der Waals surface area contributed by atoms with Crippen molar-refractivity contribution in [2.45, 2.75) is 64.0 Å². The second-order valence-electron chi connectivity index (χ2n) is 9.77. The molecule has 1 N–H and O–H groups in total. The summed E-state index contributed by atoms with van der Waals surface area (Å²) >= 11 is 0. The Morgan fingerprint density at radius 2 is 1.66 bits per heavy atom. The highest BCUT2D eigenvalue weighted by molar-refractivity contribution is 6.07. The summed E-state index contributed by atoms with van der Waals surface area (Å²) < 4.78 is 11.9. The van der Waals surface area contributed by atoms with Crippen molar-refractivity contribution in [2.24, 2.45) is 16.9 Å². The molecule has 2 saturated carbocycles. The Morgan fingerprint density at radius 1 is 0.971 bits per heavy atom. The molecule has 7 nitrogen and oxygen atoms in total. The van der Waals surface area contributed by atoms with Crippen LogP contribution in [0.2, 0.25) is 0 Å². The first-order chi connectivity index (χ1) is 17.0. The van der Waals surface area contributed by atoms with Gasteiger partial charge in [-0.3, -0.25) is 4.79 Å². The minimum Gasteiger partial charge on any atom is -0.493 e. The van der Waals surface area contributed by atoms with Gasteiger partial charge >= 0.3 is 5.97 Å². The predicted molar refractivity (Wildman–Crippen MR) is 132 cm³/mol. The van der Waals surface area contributed by atoms with Gasteiger partial charge in [-0.1, -0.05) is 25.0 Å². The van der Waals surface area contributed by atoms with E-state index in [1.54, 1.807) is 36.4 Å². The maximum absolute atomic E-state index is 13.4. The van der Waals surface area contributed by atoms with Crippen molar-refractivity contribution in [1.29, 1.82) is 0 Å². The molecule has 3 aliphatic rings. The standard InChI is InChI=1S/C28H32N2O5/c1-34-24-15-14-20(16-25(24)35-21-6-2-3-7-21)26-22-8-4-5-9-23(22)27(31)30(29-26)17-18-10-12-19(13-11-18)28(32)33/h10-16,21-23H,2-9,17H2,1H3,(H,32,33). The van der Waals surface area contributed by atoms with Crippen LogP contribution >= 0.6 is 0 Å². The highest BCUT2D eigenvalue weighted by atomic mass is 16.5. The molecular weight excluding hydrogens is 444 g/mol. The Hall–Kier alpha value is -3.35. The second kappa shape index (κ2) is 10.1. The number of nitrogens with zero attached hydrogens (tertiary/aromatic N) is 2. The minimum absolute atomic E-state index is 0.0525. The lowest BCUT2D eigenvalue weighted by atomic mass is 9.73. The molecule has 2 fully saturated rings. The lowest BCUT2D eigenvalue weighted by Gasteiger charge is -2.38. The molecule has 7 heteroatoms. The van der Waals surface area contributed by atoms with E-state index in [4.69, 9.17) is 14.6 Å². The summed E-state index contributed by atoms with van der Waals surface area (Å²) in [6.45, 7) is 0.313. The van der Waals surface area contributed by atoms with Gasteiger partial charge in [-0.2, -0.15) is 5.10 Å². The van der Waals surface area contributed by atoms with Gasteiger partial charge in [0.15, 0.2) is 11.5 Å². The maximum atomic E-state index is 13.4. The van der Waals surface area contributed by atoms with Crippen LogP contribution in [0.1, 0.15) is 72.9 Å². The van der Waals surface area contributed by atoms with Crippen molar-refractivity contribution >= 4 is 17.6 Å². The average molecular weight is 477 g/mol. The molecule has 1 amide bonds. The fourth-order valence-electron chi connectivity index (χ4n) is 5.62. The molecular formula is C28H32N2O5. The van der Waals surface area contributed by atoms with Crippen LogP contribution in [0.4, 0.5) is 0 Å². The maximum Gasteiger partial charge on any atom is 0.335 e. The number of hydrogen-bond acceptors (Lipinski definition) is 5. The highest BCUT2D eigenvalue weighted by Crippen LogP contribution is 2.40. The molecule has 1 aliphatic heterocycles. The normalized spacial score (nSPS) is 22.5. The summed E-state index contributed by atoms with van der Waals surface area (Å²) in [6, 6.07) is 12.6. The summed E-state index contributed by atoms with van der Waals surface area (Å²) in [4.78, 5) is 24.6. The third kappa shape index (κ3) is 4.90. The predicted octanol–water partition coefficient (Wildman–Crippen LogP) is 5.27. The van der Waals surface area contributed by atoms with Gasteiger partial charge in [0.2, 0.25) is 5.91 Å². The van der Waals surface area contributed by atoms with Crippen molar-refractivity contribution in [3.8, 4) is 11.5 Å². The van der Waals surface area contributed by atoms with Gasteiger partial charge in [0.1, 0.15) is 0 Å². The molecule has 184 valence electrons. The molecule has 2 unspecified atom stereocenters. The molecule has 1 heterocycles. The summed E-state index contributed by atoms with van der Waals surface area (Å²) in [7, 11) is 1.65. The second-order valence-corrected chi connectivity index (χ2v) is 9.77. The number of amides is 1. The molecule has 0 saturated heterocycles. The van der Waals surface area contributed by atoms with Gasteiger partial charge in [-0.15, -0.1) is 0 Å². The minimum atomic E-state index is -0.967. The molecule has 5 rings (SSSR count). The van der Waals surface area contributed by atoms with Gasteiger partial charge < -0.3 is 14.6 Å². The third-order valence-corrected chi connectivity index (χ3v) is 7.51. The Kier molecular flexibility index (Phi) is 6.75. The van der Waals surface area contributed by atoms with E-state index in [1.807, 2.05) is 18.2 Å². The summed E-state index contributed by atoms with van der Waals surface area (Å²) in [5.41, 5.74) is 2.97. The number of carboxylic acids is 1. The Labute approximate surface area is 205 Å². The van der Waals surface area contributed by atoms with Crippen LogP contribution in [0.25, 0.3) is 0 Å². The number of carbonyl (C=O) groups excluding carboxylic acids is 1. The zero-order valence-corrected chi connectivity index (χ0v) is 20.1. The molecule has 0 aromatic heterocycles. The number of rotatable bonds is 7. The Morgan fingerprint density at radius 3 is 2.34 bits per heavy atom. The fraction of sp³-hybridized carbons (Fsp3) is 0.464. The fourth-order valence-corrected chi connectivity index (χ4v) is 5.62. The molecule has 2 aromatic carbocycles. The number of benzene rings is 2. The molecule has 35 heavy (non-hydrogen) atoms. The van der Waals surface area contributed by atoms with Crippen molar-refractivity contribution in [3.05, 3.63) is 59.2 Å². The van der Waals surface area contributed by atoms with E-state index in [9.17, 15) is 14.7 Å². The summed E-state index contributed by atoms with van der Waals surface area (Å²) in [5, 5.41) is 15.6. The monoisotopic (exact) mass is 476 g/mol. The van der Waals surface area contributed by atoms with Crippen LogP contribution < -0.4 is 9.47 Å². The number of aromatic carboxylic acids is 1. The zero-order valence-electron chi connectivity index (χ0n) is 20.1. The molecule has 2 aliphatic carbocycles. The van der Waals surface area contributed by atoms with Crippen LogP contribution in [0, 0.1) is 11.8 Å². The highest BCUT2D eigenvalue weighted by Gasteiger charge is 2.41. The lowest BCUT2D eigenvalue weighted by molar-refractivity contribution is -0.139. The van der Waals surface area contributed by atoms with Gasteiger partial charge in [-0.25, -0.2) is 9.80 Å². The van der Waals surface area contributed by atoms with Crippen molar-refractivity contribution in [2.75, 3.05) is 7.11 Å². The van der Waals surface area contributed by atoms with Crippen molar-refractivity contribution in [3.63, 3.8) is 0 Å². The van der Waals surface area contributed by atoms with Crippen molar-refractivity contribution in [1.82, 2.24) is 5.01 Å². The number of ether oxygens (including phenoxy) is 2. The number of carboxylic acid groups (broad SMARTS) is 1. The van der Waals surface area contributed by atoms with Crippen LogP contribution in [0.15, 0.2) is 47.6 Å². The average Bonchev–Trinajstić information content (AvgIpc) is 3.39. The number of hydrazone groups is 1. The molecule has 0 radical (unpaired) electrons. The zero-order chi connectivity index (χ0) is 24.4. The number of methoxy groups -OCH3 is 1. The van der Waals surface area contributed by atoms with Crippen LogP contribution in [0.5, 0.6) is 11.5 Å². The Bertz CT molecular complexity index is 1120. The third-order valence-electron chi connectivity index (χ3n) is 7.51. The van der Waals surface area contributed by atoms with Crippen LogP contribution in [-0.4, -0.2) is 40.9 Å². The molecule has 2 aromatic rings. The van der Waals surface area contributed by atoms with Gasteiger partial charge in [0.25, 0.3) is 0 Å².